The van der Waals surface area contributed by atoms with Crippen molar-refractivity contribution in [3.63, 3.8) is 0 Å². The number of hydrogen-bond donors (Lipinski definition) is 1. The van der Waals surface area contributed by atoms with Crippen LogP contribution in [-0.2, 0) is 28.8 Å². The Hall–Kier alpha value is -4.54. The van der Waals surface area contributed by atoms with Gasteiger partial charge in [0.15, 0.2) is 5.78 Å². The van der Waals surface area contributed by atoms with E-state index >= 15 is 0 Å². The molecule has 0 aliphatic rings. The van der Waals surface area contributed by atoms with Crippen LogP contribution < -0.4 is 5.32 Å². The molecule has 0 aromatic carbocycles. The number of carbonyl (C=O) groups is 6. The second kappa shape index (κ2) is 20.4. The summed E-state index contributed by atoms with van der Waals surface area (Å²) in [6, 6.07) is 0. The Morgan fingerprint density at radius 2 is 0.825 bits per heavy atom. The fourth-order valence-electron chi connectivity index (χ4n) is 3.50. The summed E-state index contributed by atoms with van der Waals surface area (Å²) in [6.07, 6.45) is 7.61. The second-order valence-electron chi connectivity index (χ2n) is 8.39. The summed E-state index contributed by atoms with van der Waals surface area (Å²) in [4.78, 5) is 78.4. The minimum atomic E-state index is -0.396. The lowest BCUT2D eigenvalue weighted by atomic mass is 10.2. The number of hydrogen-bond acceptors (Lipinski definition) is 6. The molecule has 0 heterocycles. The first kappa shape index (κ1) is 35.5. The lowest BCUT2D eigenvalue weighted by Crippen LogP contribution is -2.47. The zero-order valence-electron chi connectivity index (χ0n) is 23.2. The number of nitrogens with one attached hydrogen (secondary N) is 1. The summed E-state index contributed by atoms with van der Waals surface area (Å²) >= 11 is 0. The molecule has 0 atom stereocenters. The largest absolute Gasteiger partial charge is 0.351 e. The molecule has 0 fully saturated rings. The fraction of sp³-hybridized carbons (Fsp3) is 0.379. The van der Waals surface area contributed by atoms with Gasteiger partial charge < -0.3 is 24.9 Å². The molecule has 0 aliphatic heterocycles. The van der Waals surface area contributed by atoms with E-state index in [1.54, 1.807) is 0 Å². The molecule has 40 heavy (non-hydrogen) atoms. The van der Waals surface area contributed by atoms with Crippen LogP contribution in [0, 0.1) is 0 Å². The van der Waals surface area contributed by atoms with Crippen molar-refractivity contribution in [2.75, 3.05) is 58.9 Å². The molecule has 0 aromatic heterocycles. The molecular formula is C29H41N5O6. The van der Waals surface area contributed by atoms with E-state index in [2.05, 4.69) is 44.8 Å². The average Bonchev–Trinajstić information content (AvgIpc) is 2.98. The van der Waals surface area contributed by atoms with Crippen molar-refractivity contribution in [1.29, 1.82) is 0 Å². The van der Waals surface area contributed by atoms with Crippen LogP contribution in [0.1, 0.15) is 12.8 Å². The van der Waals surface area contributed by atoms with Gasteiger partial charge in [-0.1, -0.05) is 39.5 Å². The van der Waals surface area contributed by atoms with Crippen LogP contribution in [0.5, 0.6) is 0 Å². The molecule has 0 saturated heterocycles. The maximum Gasteiger partial charge on any atom is 0.246 e. The van der Waals surface area contributed by atoms with E-state index in [0.717, 1.165) is 24.3 Å². The van der Waals surface area contributed by atoms with Gasteiger partial charge in [0.25, 0.3) is 0 Å². The molecule has 11 nitrogen and oxygen atoms in total. The van der Waals surface area contributed by atoms with Crippen LogP contribution in [0.3, 0.4) is 0 Å². The van der Waals surface area contributed by atoms with E-state index in [9.17, 15) is 28.8 Å². The van der Waals surface area contributed by atoms with Crippen molar-refractivity contribution in [3.8, 4) is 0 Å². The summed E-state index contributed by atoms with van der Waals surface area (Å²) < 4.78 is 0. The van der Waals surface area contributed by atoms with Gasteiger partial charge in [0, 0.05) is 65.3 Å². The quantitative estimate of drug-likeness (QED) is 0.198. The van der Waals surface area contributed by atoms with Crippen LogP contribution >= 0.6 is 0 Å². The number of ketones is 1. The predicted octanol–water partition coefficient (Wildman–Crippen LogP) is 0.882. The molecular weight excluding hydrogens is 514 g/mol. The third-order valence-electron chi connectivity index (χ3n) is 5.81. The fourth-order valence-corrected chi connectivity index (χ4v) is 3.50. The first-order valence-electron chi connectivity index (χ1n) is 12.8. The monoisotopic (exact) mass is 555 g/mol. The minimum absolute atomic E-state index is 0.122. The summed E-state index contributed by atoms with van der Waals surface area (Å²) in [7, 11) is 0. The van der Waals surface area contributed by atoms with E-state index in [-0.39, 0.29) is 88.2 Å². The smallest absolute Gasteiger partial charge is 0.246 e. The Morgan fingerprint density at radius 3 is 1.15 bits per heavy atom. The highest BCUT2D eigenvalue weighted by molar-refractivity contribution is 5.90. The summed E-state index contributed by atoms with van der Waals surface area (Å²) in [6.45, 7) is 22.4. The van der Waals surface area contributed by atoms with E-state index in [1.165, 1.54) is 31.8 Å². The third kappa shape index (κ3) is 13.8. The molecule has 0 radical (unpaired) electrons. The first-order valence-corrected chi connectivity index (χ1v) is 12.8. The molecule has 0 bridgehead atoms. The Morgan fingerprint density at radius 1 is 0.475 bits per heavy atom. The zero-order valence-corrected chi connectivity index (χ0v) is 23.2. The van der Waals surface area contributed by atoms with Crippen LogP contribution in [0.25, 0.3) is 0 Å². The molecule has 0 spiro atoms. The first-order chi connectivity index (χ1) is 19.1. The third-order valence-corrected chi connectivity index (χ3v) is 5.81. The maximum absolute atomic E-state index is 12.5. The summed E-state index contributed by atoms with van der Waals surface area (Å²) in [5.74, 6) is -2.00. The average molecular weight is 556 g/mol. The molecule has 0 saturated carbocycles. The number of amides is 5. The molecule has 0 unspecified atom stereocenters. The van der Waals surface area contributed by atoms with Crippen LogP contribution in [-0.4, -0.2) is 114 Å². The van der Waals surface area contributed by atoms with Gasteiger partial charge in [0.05, 0.1) is 0 Å². The number of carbonyl (C=O) groups excluding carboxylic acids is 6. The SMILES string of the molecule is C=CC(=O)CCCN(CCN(CCN(CCN(CCNC(=O)C=C)C(=O)C=C)C(=O)C=C)C(=O)C=C)C(=O)C=C. The zero-order chi connectivity index (χ0) is 30.5. The lowest BCUT2D eigenvalue weighted by Gasteiger charge is -2.30. The van der Waals surface area contributed by atoms with Crippen molar-refractivity contribution >= 4 is 35.3 Å². The molecule has 0 aromatic rings. The van der Waals surface area contributed by atoms with Crippen molar-refractivity contribution in [3.05, 3.63) is 75.9 Å². The molecule has 11 heteroatoms. The van der Waals surface area contributed by atoms with Gasteiger partial charge in [-0.25, -0.2) is 0 Å². The van der Waals surface area contributed by atoms with E-state index in [4.69, 9.17) is 0 Å². The van der Waals surface area contributed by atoms with Gasteiger partial charge in [-0.3, -0.25) is 28.8 Å². The standard InChI is InChI=1S/C29H41N5O6/c1-7-24(35)14-13-16-31(26(37)9-3)18-20-33(28(39)11-5)22-23-34(29(40)12-6)21-19-32(27(38)10-4)17-15-30-25(36)8-2/h7-12H,1-6,13-23H2,(H,30,36). The van der Waals surface area contributed by atoms with Gasteiger partial charge in [0.1, 0.15) is 0 Å². The van der Waals surface area contributed by atoms with E-state index < -0.39 is 5.91 Å². The molecule has 1 N–H and O–H groups in total. The molecule has 5 amide bonds. The topological polar surface area (TPSA) is 127 Å². The van der Waals surface area contributed by atoms with Crippen molar-refractivity contribution in [2.45, 2.75) is 12.8 Å². The number of rotatable bonds is 22. The van der Waals surface area contributed by atoms with Gasteiger partial charge in [-0.05, 0) is 42.9 Å². The van der Waals surface area contributed by atoms with Gasteiger partial charge in [0.2, 0.25) is 29.5 Å². The van der Waals surface area contributed by atoms with Gasteiger partial charge >= 0.3 is 0 Å². The Balaban J connectivity index is 5.37. The highest BCUT2D eigenvalue weighted by atomic mass is 16.2. The Bertz CT molecular complexity index is 911. The van der Waals surface area contributed by atoms with E-state index in [0.29, 0.717) is 13.0 Å². The maximum atomic E-state index is 12.5. The van der Waals surface area contributed by atoms with Crippen molar-refractivity contribution in [1.82, 2.24) is 24.9 Å². The van der Waals surface area contributed by atoms with Crippen LogP contribution in [0.4, 0.5) is 0 Å². The van der Waals surface area contributed by atoms with Crippen molar-refractivity contribution < 1.29 is 28.8 Å². The van der Waals surface area contributed by atoms with Gasteiger partial charge in [-0.15, -0.1) is 0 Å². The van der Waals surface area contributed by atoms with Crippen molar-refractivity contribution in [2.24, 2.45) is 0 Å². The number of allylic oxidation sites excluding steroid dienone is 1. The normalized spacial score (nSPS) is 9.80. The molecule has 0 rings (SSSR count). The van der Waals surface area contributed by atoms with Gasteiger partial charge in [-0.2, -0.15) is 0 Å². The minimum Gasteiger partial charge on any atom is -0.351 e. The second-order valence-corrected chi connectivity index (χ2v) is 8.39. The lowest BCUT2D eigenvalue weighted by molar-refractivity contribution is -0.132. The summed E-state index contributed by atoms with van der Waals surface area (Å²) in [5.41, 5.74) is 0. The summed E-state index contributed by atoms with van der Waals surface area (Å²) in [5, 5.41) is 2.59. The number of nitrogens with zero attached hydrogens (tertiary/aromatic N) is 4. The Kier molecular flexibility index (Phi) is 18.1. The highest BCUT2D eigenvalue weighted by Crippen LogP contribution is 2.03. The molecule has 0 aliphatic carbocycles. The highest BCUT2D eigenvalue weighted by Gasteiger charge is 2.19. The predicted molar refractivity (Wildman–Crippen MR) is 155 cm³/mol. The van der Waals surface area contributed by atoms with E-state index in [1.807, 2.05) is 0 Å². The van der Waals surface area contributed by atoms with Crippen LogP contribution in [0.15, 0.2) is 75.9 Å². The molecule has 218 valence electrons. The Labute approximate surface area is 236 Å². The van der Waals surface area contributed by atoms with Crippen LogP contribution in [0.2, 0.25) is 0 Å².